The van der Waals surface area contributed by atoms with Gasteiger partial charge in [0.15, 0.2) is 0 Å². The second-order valence-electron chi connectivity index (χ2n) is 5.12. The minimum atomic E-state index is -0.0204. The Morgan fingerprint density at radius 2 is 1.56 bits per heavy atom. The van der Waals surface area contributed by atoms with E-state index in [4.69, 9.17) is 5.73 Å². The number of hydrogen-bond donors (Lipinski definition) is 2. The molecule has 0 atom stereocenters. The number of nitrogens with two attached hydrogens (primary N) is 1. The summed E-state index contributed by atoms with van der Waals surface area (Å²) in [5.74, 6) is 0.329. The van der Waals surface area contributed by atoms with Crippen molar-refractivity contribution in [3.05, 3.63) is 29.8 Å². The van der Waals surface area contributed by atoms with Crippen molar-refractivity contribution in [3.8, 4) is 5.75 Å². The van der Waals surface area contributed by atoms with Crippen LogP contribution in [0.5, 0.6) is 5.75 Å². The van der Waals surface area contributed by atoms with Gasteiger partial charge in [-0.1, -0.05) is 37.8 Å². The highest BCUT2D eigenvalue weighted by Crippen LogP contribution is 2.28. The molecule has 0 aromatic heterocycles. The molecule has 0 bridgehead atoms. The van der Waals surface area contributed by atoms with Crippen LogP contribution in [0, 0.1) is 0 Å². The van der Waals surface area contributed by atoms with Crippen molar-refractivity contribution < 1.29 is 5.11 Å². The maximum atomic E-state index is 9.24. The van der Waals surface area contributed by atoms with E-state index in [-0.39, 0.29) is 5.54 Å². The predicted molar refractivity (Wildman–Crippen MR) is 66.4 cm³/mol. The summed E-state index contributed by atoms with van der Waals surface area (Å²) in [5, 5.41) is 9.24. The average Bonchev–Trinajstić information content (AvgIpc) is 2.47. The van der Waals surface area contributed by atoms with E-state index in [0.29, 0.717) is 5.75 Å². The summed E-state index contributed by atoms with van der Waals surface area (Å²) >= 11 is 0. The molecule has 2 nitrogen and oxygen atoms in total. The molecule has 0 saturated heterocycles. The Labute approximate surface area is 97.5 Å². The maximum Gasteiger partial charge on any atom is 0.115 e. The van der Waals surface area contributed by atoms with E-state index in [0.717, 1.165) is 19.3 Å². The van der Waals surface area contributed by atoms with E-state index in [1.807, 2.05) is 12.1 Å². The van der Waals surface area contributed by atoms with Crippen LogP contribution >= 0.6 is 0 Å². The lowest BCUT2D eigenvalue weighted by Gasteiger charge is -2.28. The molecular formula is C14H21NO. The van der Waals surface area contributed by atoms with Gasteiger partial charge in [0, 0.05) is 5.54 Å². The summed E-state index contributed by atoms with van der Waals surface area (Å²) in [6.07, 6.45) is 8.38. The van der Waals surface area contributed by atoms with Crippen LogP contribution in [0.4, 0.5) is 0 Å². The van der Waals surface area contributed by atoms with Crippen molar-refractivity contribution in [1.29, 1.82) is 0 Å². The van der Waals surface area contributed by atoms with Gasteiger partial charge < -0.3 is 10.8 Å². The van der Waals surface area contributed by atoms with Crippen LogP contribution < -0.4 is 5.73 Å². The number of aromatic hydroxyl groups is 1. The molecule has 16 heavy (non-hydrogen) atoms. The zero-order valence-electron chi connectivity index (χ0n) is 9.78. The number of phenols is 1. The zero-order valence-corrected chi connectivity index (χ0v) is 9.78. The molecule has 3 N–H and O–H groups in total. The first kappa shape index (κ1) is 11.5. The van der Waals surface area contributed by atoms with E-state index in [1.54, 1.807) is 12.1 Å². The molecule has 1 aliphatic rings. The monoisotopic (exact) mass is 219 g/mol. The first-order chi connectivity index (χ1) is 7.68. The van der Waals surface area contributed by atoms with Crippen molar-refractivity contribution in [2.45, 2.75) is 50.5 Å². The molecule has 2 rings (SSSR count). The summed E-state index contributed by atoms with van der Waals surface area (Å²) in [4.78, 5) is 0. The molecule has 0 spiro atoms. The highest BCUT2D eigenvalue weighted by molar-refractivity contribution is 5.27. The van der Waals surface area contributed by atoms with Crippen molar-refractivity contribution in [3.63, 3.8) is 0 Å². The van der Waals surface area contributed by atoms with Gasteiger partial charge in [-0.25, -0.2) is 0 Å². The van der Waals surface area contributed by atoms with Gasteiger partial charge in [-0.2, -0.15) is 0 Å². The molecule has 0 unspecified atom stereocenters. The third kappa shape index (κ3) is 2.99. The van der Waals surface area contributed by atoms with Gasteiger partial charge in [0.1, 0.15) is 5.75 Å². The molecule has 0 heterocycles. The molecule has 1 fully saturated rings. The Bertz CT molecular complexity index is 323. The van der Waals surface area contributed by atoms with Crippen molar-refractivity contribution in [2.75, 3.05) is 0 Å². The van der Waals surface area contributed by atoms with Gasteiger partial charge >= 0.3 is 0 Å². The van der Waals surface area contributed by atoms with Gasteiger partial charge in [0.2, 0.25) is 0 Å². The van der Waals surface area contributed by atoms with E-state index in [2.05, 4.69) is 0 Å². The third-order valence-corrected chi connectivity index (χ3v) is 3.59. The second kappa shape index (κ2) is 4.88. The fraction of sp³-hybridized carbons (Fsp3) is 0.571. The first-order valence-electron chi connectivity index (χ1n) is 6.25. The molecule has 88 valence electrons. The SMILES string of the molecule is NC1(Cc2ccc(O)cc2)CCCCCC1. The summed E-state index contributed by atoms with van der Waals surface area (Å²) in [5.41, 5.74) is 7.68. The van der Waals surface area contributed by atoms with Gasteiger partial charge in [-0.15, -0.1) is 0 Å². The number of phenolic OH excluding ortho intramolecular Hbond substituents is 1. The largest absolute Gasteiger partial charge is 0.508 e. The van der Waals surface area contributed by atoms with Gasteiger partial charge in [-0.05, 0) is 37.0 Å². The Balaban J connectivity index is 2.04. The number of rotatable bonds is 2. The Morgan fingerprint density at radius 1 is 1.00 bits per heavy atom. The van der Waals surface area contributed by atoms with E-state index >= 15 is 0 Å². The predicted octanol–water partition coefficient (Wildman–Crippen LogP) is 2.99. The van der Waals surface area contributed by atoms with Gasteiger partial charge in [0.25, 0.3) is 0 Å². The fourth-order valence-corrected chi connectivity index (χ4v) is 2.63. The zero-order chi connectivity index (χ0) is 11.4. The summed E-state index contributed by atoms with van der Waals surface area (Å²) in [6.45, 7) is 0. The smallest absolute Gasteiger partial charge is 0.115 e. The Hall–Kier alpha value is -1.02. The number of benzene rings is 1. The quantitative estimate of drug-likeness (QED) is 0.751. The molecule has 0 radical (unpaired) electrons. The van der Waals surface area contributed by atoms with Crippen LogP contribution in [0.1, 0.15) is 44.1 Å². The van der Waals surface area contributed by atoms with Crippen molar-refractivity contribution in [2.24, 2.45) is 5.73 Å². The summed E-state index contributed by atoms with van der Waals surface area (Å²) in [6, 6.07) is 7.45. The second-order valence-corrected chi connectivity index (χ2v) is 5.12. The highest BCUT2D eigenvalue weighted by atomic mass is 16.3. The molecule has 0 aliphatic heterocycles. The van der Waals surface area contributed by atoms with E-state index in [9.17, 15) is 5.11 Å². The normalized spacial score (nSPS) is 20.3. The molecular weight excluding hydrogens is 198 g/mol. The van der Waals surface area contributed by atoms with Crippen LogP contribution in [0.15, 0.2) is 24.3 Å². The summed E-state index contributed by atoms with van der Waals surface area (Å²) < 4.78 is 0. The molecule has 1 aromatic carbocycles. The minimum Gasteiger partial charge on any atom is -0.508 e. The van der Waals surface area contributed by atoms with Crippen LogP contribution in [-0.4, -0.2) is 10.6 Å². The molecule has 2 heteroatoms. The van der Waals surface area contributed by atoms with E-state index < -0.39 is 0 Å². The highest BCUT2D eigenvalue weighted by Gasteiger charge is 2.26. The minimum absolute atomic E-state index is 0.0204. The third-order valence-electron chi connectivity index (χ3n) is 3.59. The lowest BCUT2D eigenvalue weighted by Crippen LogP contribution is -2.41. The average molecular weight is 219 g/mol. The lowest BCUT2D eigenvalue weighted by atomic mass is 9.85. The standard InChI is InChI=1S/C14H21NO/c15-14(9-3-1-2-4-10-14)11-12-5-7-13(16)8-6-12/h5-8,16H,1-4,9-11,15H2. The van der Waals surface area contributed by atoms with Crippen LogP contribution in [-0.2, 0) is 6.42 Å². The van der Waals surface area contributed by atoms with Crippen LogP contribution in [0.25, 0.3) is 0 Å². The molecule has 1 aromatic rings. The summed E-state index contributed by atoms with van der Waals surface area (Å²) in [7, 11) is 0. The van der Waals surface area contributed by atoms with Crippen LogP contribution in [0.2, 0.25) is 0 Å². The first-order valence-corrected chi connectivity index (χ1v) is 6.25. The van der Waals surface area contributed by atoms with Crippen LogP contribution in [0.3, 0.4) is 0 Å². The van der Waals surface area contributed by atoms with Gasteiger partial charge in [-0.3, -0.25) is 0 Å². The molecule has 0 amide bonds. The molecule has 1 aliphatic carbocycles. The number of hydrogen-bond acceptors (Lipinski definition) is 2. The van der Waals surface area contributed by atoms with Gasteiger partial charge in [0.05, 0.1) is 0 Å². The van der Waals surface area contributed by atoms with E-state index in [1.165, 1.54) is 31.2 Å². The Kier molecular flexibility index (Phi) is 3.49. The maximum absolute atomic E-state index is 9.24. The fourth-order valence-electron chi connectivity index (χ4n) is 2.63. The van der Waals surface area contributed by atoms with Crippen molar-refractivity contribution in [1.82, 2.24) is 0 Å². The topological polar surface area (TPSA) is 46.2 Å². The van der Waals surface area contributed by atoms with Crippen molar-refractivity contribution >= 4 is 0 Å². The Morgan fingerprint density at radius 3 is 2.12 bits per heavy atom. The molecule has 1 saturated carbocycles. The lowest BCUT2D eigenvalue weighted by molar-refractivity contribution is 0.369.